The molecule has 0 saturated heterocycles. The maximum absolute atomic E-state index is 5.71. The van der Waals surface area contributed by atoms with Crippen molar-refractivity contribution in [1.29, 1.82) is 0 Å². The van der Waals surface area contributed by atoms with E-state index < -0.39 is 0 Å². The van der Waals surface area contributed by atoms with Crippen molar-refractivity contribution in [3.05, 3.63) is 42.5 Å². The summed E-state index contributed by atoms with van der Waals surface area (Å²) in [6.45, 7) is 0. The average Bonchev–Trinajstić information content (AvgIpc) is 2.81. The van der Waals surface area contributed by atoms with Gasteiger partial charge in [-0.1, -0.05) is 6.07 Å². The lowest BCUT2D eigenvalue weighted by Crippen LogP contribution is -1.83. The molecule has 0 radical (unpaired) electrons. The molecule has 0 unspecified atom stereocenters. The Kier molecular flexibility index (Phi) is 2.41. The quantitative estimate of drug-likeness (QED) is 0.699. The van der Waals surface area contributed by atoms with E-state index in [4.69, 9.17) is 14.9 Å². The molecule has 2 N–H and O–H groups in total. The smallest absolute Gasteiger partial charge is 0.227 e. The van der Waals surface area contributed by atoms with Gasteiger partial charge in [0.05, 0.1) is 7.11 Å². The van der Waals surface area contributed by atoms with Crippen LogP contribution < -0.4 is 10.5 Å². The minimum Gasteiger partial charge on any atom is -0.497 e. The van der Waals surface area contributed by atoms with Crippen LogP contribution >= 0.6 is 0 Å². The van der Waals surface area contributed by atoms with E-state index in [1.165, 1.54) is 0 Å². The number of benzene rings is 2. The molecule has 3 aromatic rings. The summed E-state index contributed by atoms with van der Waals surface area (Å²) in [7, 11) is 1.63. The Morgan fingerprint density at radius 1 is 1.17 bits per heavy atom. The van der Waals surface area contributed by atoms with Crippen LogP contribution in [0.3, 0.4) is 0 Å². The predicted octanol–water partition coefficient (Wildman–Crippen LogP) is 3.09. The molecule has 0 spiro atoms. The summed E-state index contributed by atoms with van der Waals surface area (Å²) in [5, 5.41) is 0. The second-order valence-corrected chi connectivity index (χ2v) is 3.98. The van der Waals surface area contributed by atoms with Gasteiger partial charge in [0.1, 0.15) is 11.3 Å². The van der Waals surface area contributed by atoms with Gasteiger partial charge in [0.25, 0.3) is 0 Å². The van der Waals surface area contributed by atoms with Crippen molar-refractivity contribution in [3.63, 3.8) is 0 Å². The van der Waals surface area contributed by atoms with Crippen LogP contribution in [0.15, 0.2) is 46.9 Å². The van der Waals surface area contributed by atoms with Crippen molar-refractivity contribution < 1.29 is 9.15 Å². The summed E-state index contributed by atoms with van der Waals surface area (Å²) in [6, 6.07) is 13.0. The number of anilines is 1. The van der Waals surface area contributed by atoms with Gasteiger partial charge in [0.15, 0.2) is 5.58 Å². The molecule has 90 valence electrons. The number of methoxy groups -OCH3 is 1. The highest BCUT2D eigenvalue weighted by Crippen LogP contribution is 2.27. The van der Waals surface area contributed by atoms with E-state index in [1.54, 1.807) is 19.2 Å². The minimum absolute atomic E-state index is 0.564. The van der Waals surface area contributed by atoms with Crippen molar-refractivity contribution >= 4 is 16.8 Å². The fourth-order valence-electron chi connectivity index (χ4n) is 1.82. The molecule has 1 heterocycles. The highest BCUT2D eigenvalue weighted by atomic mass is 16.5. The Morgan fingerprint density at radius 3 is 2.89 bits per heavy atom. The number of nitrogens with two attached hydrogens (primary N) is 1. The van der Waals surface area contributed by atoms with Crippen LogP contribution in [0.2, 0.25) is 0 Å². The molecular weight excluding hydrogens is 228 g/mol. The first-order valence-electron chi connectivity index (χ1n) is 5.57. The van der Waals surface area contributed by atoms with Gasteiger partial charge in [-0.25, -0.2) is 4.98 Å². The number of ether oxygens (including phenoxy) is 1. The molecule has 1 aromatic heterocycles. The molecule has 0 aliphatic rings. The zero-order valence-electron chi connectivity index (χ0n) is 9.88. The van der Waals surface area contributed by atoms with E-state index in [1.807, 2.05) is 30.3 Å². The van der Waals surface area contributed by atoms with Gasteiger partial charge in [0, 0.05) is 17.3 Å². The van der Waals surface area contributed by atoms with E-state index >= 15 is 0 Å². The van der Waals surface area contributed by atoms with Crippen LogP contribution in [0, 0.1) is 0 Å². The van der Waals surface area contributed by atoms with Gasteiger partial charge in [-0.15, -0.1) is 0 Å². The number of nitrogen functional groups attached to an aromatic ring is 1. The lowest BCUT2D eigenvalue weighted by Gasteiger charge is -2.00. The van der Waals surface area contributed by atoms with Crippen molar-refractivity contribution in [2.45, 2.75) is 0 Å². The van der Waals surface area contributed by atoms with E-state index in [0.29, 0.717) is 17.2 Å². The average molecular weight is 240 g/mol. The second-order valence-electron chi connectivity index (χ2n) is 3.98. The number of hydrogen-bond donors (Lipinski definition) is 1. The molecule has 18 heavy (non-hydrogen) atoms. The molecule has 3 rings (SSSR count). The Hall–Kier alpha value is -2.49. The van der Waals surface area contributed by atoms with Crippen molar-refractivity contribution in [2.24, 2.45) is 0 Å². The molecule has 0 bridgehead atoms. The molecule has 2 aromatic carbocycles. The highest BCUT2D eigenvalue weighted by Gasteiger charge is 2.08. The molecule has 0 fully saturated rings. The van der Waals surface area contributed by atoms with Gasteiger partial charge >= 0.3 is 0 Å². The largest absolute Gasteiger partial charge is 0.497 e. The molecule has 0 saturated carbocycles. The lowest BCUT2D eigenvalue weighted by atomic mass is 10.2. The number of rotatable bonds is 2. The Bertz CT molecular complexity index is 704. The second kappa shape index (κ2) is 4.07. The first-order chi connectivity index (χ1) is 8.76. The van der Waals surface area contributed by atoms with E-state index in [2.05, 4.69) is 4.98 Å². The number of oxazole rings is 1. The van der Waals surface area contributed by atoms with Gasteiger partial charge in [-0.3, -0.25) is 0 Å². The lowest BCUT2D eigenvalue weighted by molar-refractivity contribution is 0.415. The number of aromatic nitrogens is 1. The van der Waals surface area contributed by atoms with Gasteiger partial charge < -0.3 is 14.9 Å². The van der Waals surface area contributed by atoms with Crippen LogP contribution in [-0.4, -0.2) is 12.1 Å². The van der Waals surface area contributed by atoms with Gasteiger partial charge in [0.2, 0.25) is 5.89 Å². The Balaban J connectivity index is 2.13. The van der Waals surface area contributed by atoms with Crippen molar-refractivity contribution in [3.8, 4) is 17.2 Å². The van der Waals surface area contributed by atoms with Gasteiger partial charge in [-0.2, -0.15) is 0 Å². The Labute approximate surface area is 104 Å². The van der Waals surface area contributed by atoms with Crippen LogP contribution in [0.25, 0.3) is 22.6 Å². The molecule has 4 heteroatoms. The van der Waals surface area contributed by atoms with E-state index in [0.717, 1.165) is 16.8 Å². The maximum atomic E-state index is 5.71. The first-order valence-corrected chi connectivity index (χ1v) is 5.57. The third-order valence-corrected chi connectivity index (χ3v) is 2.73. The molecule has 0 amide bonds. The zero-order chi connectivity index (χ0) is 12.5. The third kappa shape index (κ3) is 1.78. The normalized spacial score (nSPS) is 10.7. The predicted molar refractivity (Wildman–Crippen MR) is 70.4 cm³/mol. The van der Waals surface area contributed by atoms with Gasteiger partial charge in [-0.05, 0) is 30.3 Å². The zero-order valence-corrected chi connectivity index (χ0v) is 9.88. The summed E-state index contributed by atoms with van der Waals surface area (Å²) in [4.78, 5) is 4.42. The summed E-state index contributed by atoms with van der Waals surface area (Å²) in [5.74, 6) is 1.34. The molecule has 0 atom stereocenters. The Morgan fingerprint density at radius 2 is 2.06 bits per heavy atom. The first kappa shape index (κ1) is 10.7. The number of hydrogen-bond acceptors (Lipinski definition) is 4. The fraction of sp³-hybridized carbons (Fsp3) is 0.0714. The SMILES string of the molecule is COc1cccc(-c2nc3ccc(N)cc3o2)c1. The van der Waals surface area contributed by atoms with Crippen LogP contribution in [0.4, 0.5) is 5.69 Å². The number of nitrogens with zero attached hydrogens (tertiary/aromatic N) is 1. The fourth-order valence-corrected chi connectivity index (χ4v) is 1.82. The molecule has 4 nitrogen and oxygen atoms in total. The van der Waals surface area contributed by atoms with Crippen molar-refractivity contribution in [2.75, 3.05) is 12.8 Å². The van der Waals surface area contributed by atoms with Crippen molar-refractivity contribution in [1.82, 2.24) is 4.98 Å². The third-order valence-electron chi connectivity index (χ3n) is 2.73. The van der Waals surface area contributed by atoms with Crippen LogP contribution in [0.5, 0.6) is 5.75 Å². The van der Waals surface area contributed by atoms with E-state index in [-0.39, 0.29) is 0 Å². The summed E-state index contributed by atoms with van der Waals surface area (Å²) >= 11 is 0. The summed E-state index contributed by atoms with van der Waals surface area (Å²) < 4.78 is 10.9. The highest BCUT2D eigenvalue weighted by molar-refractivity contribution is 5.79. The van der Waals surface area contributed by atoms with E-state index in [9.17, 15) is 0 Å². The number of fused-ring (bicyclic) bond motifs is 1. The molecular formula is C14H12N2O2. The monoisotopic (exact) mass is 240 g/mol. The van der Waals surface area contributed by atoms with Crippen LogP contribution in [0.1, 0.15) is 0 Å². The topological polar surface area (TPSA) is 61.3 Å². The molecule has 0 aliphatic carbocycles. The van der Waals surface area contributed by atoms with Crippen LogP contribution in [-0.2, 0) is 0 Å². The minimum atomic E-state index is 0.564. The summed E-state index contributed by atoms with van der Waals surface area (Å²) in [5.41, 5.74) is 8.73. The molecule has 0 aliphatic heterocycles. The maximum Gasteiger partial charge on any atom is 0.227 e. The standard InChI is InChI=1S/C14H12N2O2/c1-17-11-4-2-3-9(7-11)14-16-12-6-5-10(15)8-13(12)18-14/h2-8H,15H2,1H3. The summed E-state index contributed by atoms with van der Waals surface area (Å²) in [6.07, 6.45) is 0.